The van der Waals surface area contributed by atoms with E-state index in [-0.39, 0.29) is 30.4 Å². The van der Waals surface area contributed by atoms with Gasteiger partial charge in [-0.2, -0.15) is 22.0 Å². The van der Waals surface area contributed by atoms with E-state index in [9.17, 15) is 31.1 Å². The van der Waals surface area contributed by atoms with Gasteiger partial charge in [-0.1, -0.05) is 24.3 Å². The highest BCUT2D eigenvalue weighted by Gasteiger charge is 2.32. The van der Waals surface area contributed by atoms with Crippen molar-refractivity contribution in [1.82, 2.24) is 15.6 Å². The third-order valence-corrected chi connectivity index (χ3v) is 5.78. The molecule has 2 N–H and O–H groups in total. The predicted octanol–water partition coefficient (Wildman–Crippen LogP) is 5.45. The quantitative estimate of drug-likeness (QED) is 0.316. The van der Waals surface area contributed by atoms with Crippen molar-refractivity contribution in [2.75, 3.05) is 20.7 Å². The third kappa shape index (κ3) is 7.37. The maximum Gasteiger partial charge on any atom is 0.433 e. The standard InChI is InChI=1S/C26H25F6N3O3/c1-33-24(36)23(15-3-7-18(27)8-4-15)34-12-11-19(17-6-10-22(35-14-17)26(30,31)32)16-5-9-20(38-25(28)29)21(13-16)37-2/h3-10,13-14,19,23,25,34H,11-12H2,1-2H3,(H,33,36)/t19-,23+/m0/s1. The highest BCUT2D eigenvalue weighted by Crippen LogP contribution is 2.36. The fraction of sp³-hybridized carbons (Fsp3) is 0.308. The van der Waals surface area contributed by atoms with E-state index in [0.717, 1.165) is 12.3 Å². The zero-order valence-electron chi connectivity index (χ0n) is 20.4. The summed E-state index contributed by atoms with van der Waals surface area (Å²) in [4.78, 5) is 16.0. The number of ether oxygens (including phenoxy) is 2. The first-order chi connectivity index (χ1) is 18.0. The molecule has 204 valence electrons. The van der Waals surface area contributed by atoms with Crippen molar-refractivity contribution in [2.24, 2.45) is 0 Å². The van der Waals surface area contributed by atoms with Gasteiger partial charge in [0.1, 0.15) is 17.6 Å². The van der Waals surface area contributed by atoms with E-state index in [0.29, 0.717) is 16.7 Å². The summed E-state index contributed by atoms with van der Waals surface area (Å²) in [5.41, 5.74) is 0.397. The third-order valence-electron chi connectivity index (χ3n) is 5.78. The van der Waals surface area contributed by atoms with Crippen LogP contribution in [0.15, 0.2) is 60.8 Å². The highest BCUT2D eigenvalue weighted by atomic mass is 19.4. The molecule has 0 fully saturated rings. The van der Waals surface area contributed by atoms with Crippen LogP contribution < -0.4 is 20.1 Å². The Morgan fingerprint density at radius 1 is 0.974 bits per heavy atom. The Hall–Kier alpha value is -3.80. The van der Waals surface area contributed by atoms with E-state index in [4.69, 9.17) is 4.74 Å². The number of carbonyl (C=O) groups is 1. The van der Waals surface area contributed by atoms with E-state index >= 15 is 0 Å². The van der Waals surface area contributed by atoms with Crippen LogP contribution in [0, 0.1) is 5.82 Å². The lowest BCUT2D eigenvalue weighted by atomic mass is 9.89. The number of halogens is 6. The molecule has 1 amide bonds. The number of benzene rings is 2. The summed E-state index contributed by atoms with van der Waals surface area (Å²) in [5, 5.41) is 5.62. The van der Waals surface area contributed by atoms with E-state index in [1.807, 2.05) is 0 Å². The second-order valence-electron chi connectivity index (χ2n) is 8.16. The zero-order valence-corrected chi connectivity index (χ0v) is 20.4. The summed E-state index contributed by atoms with van der Waals surface area (Å²) < 4.78 is 87.7. The zero-order chi connectivity index (χ0) is 27.9. The molecule has 0 unspecified atom stereocenters. The number of nitrogens with zero attached hydrogens (tertiary/aromatic N) is 1. The Kier molecular flexibility index (Phi) is 9.56. The van der Waals surface area contributed by atoms with Gasteiger partial charge in [0.05, 0.1) is 7.11 Å². The average Bonchev–Trinajstić information content (AvgIpc) is 2.89. The maximum absolute atomic E-state index is 13.4. The molecule has 0 saturated carbocycles. The Balaban J connectivity index is 1.91. The molecule has 1 heterocycles. The first kappa shape index (κ1) is 28.8. The van der Waals surface area contributed by atoms with Crippen molar-refractivity contribution < 1.29 is 40.6 Å². The van der Waals surface area contributed by atoms with E-state index < -0.39 is 36.3 Å². The first-order valence-electron chi connectivity index (χ1n) is 11.4. The summed E-state index contributed by atoms with van der Waals surface area (Å²) in [6, 6.07) is 10.9. The lowest BCUT2D eigenvalue weighted by Crippen LogP contribution is -2.36. The summed E-state index contributed by atoms with van der Waals surface area (Å²) >= 11 is 0. The minimum absolute atomic E-state index is 0.00943. The van der Waals surface area contributed by atoms with Crippen LogP contribution in [0.3, 0.4) is 0 Å². The molecule has 0 bridgehead atoms. The molecule has 0 aliphatic heterocycles. The number of hydrogen-bond donors (Lipinski definition) is 2. The molecule has 3 aromatic rings. The molecular weight excluding hydrogens is 516 g/mol. The van der Waals surface area contributed by atoms with Gasteiger partial charge in [0.15, 0.2) is 11.5 Å². The van der Waals surface area contributed by atoms with Crippen molar-refractivity contribution in [3.05, 3.63) is 89.0 Å². The Bertz CT molecular complexity index is 1200. The van der Waals surface area contributed by atoms with Crippen LogP contribution in [-0.4, -0.2) is 38.2 Å². The molecule has 38 heavy (non-hydrogen) atoms. The fourth-order valence-electron chi connectivity index (χ4n) is 3.93. The van der Waals surface area contributed by atoms with Gasteiger partial charge in [0, 0.05) is 19.2 Å². The number of likely N-dealkylation sites (N-methyl/N-ethyl adjacent to an activating group) is 1. The van der Waals surface area contributed by atoms with Gasteiger partial charge < -0.3 is 20.1 Å². The molecule has 0 radical (unpaired) electrons. The van der Waals surface area contributed by atoms with Crippen LogP contribution in [0.1, 0.15) is 40.8 Å². The molecular formula is C26H25F6N3O3. The van der Waals surface area contributed by atoms with Gasteiger partial charge in [-0.15, -0.1) is 0 Å². The summed E-state index contributed by atoms with van der Waals surface area (Å²) in [5.74, 6) is -1.60. The maximum atomic E-state index is 13.4. The average molecular weight is 541 g/mol. The van der Waals surface area contributed by atoms with Crippen LogP contribution in [0.25, 0.3) is 0 Å². The van der Waals surface area contributed by atoms with E-state index in [1.54, 1.807) is 0 Å². The first-order valence-corrected chi connectivity index (χ1v) is 11.4. The number of nitrogens with one attached hydrogen (secondary N) is 2. The number of aromatic nitrogens is 1. The predicted molar refractivity (Wildman–Crippen MR) is 127 cm³/mol. The smallest absolute Gasteiger partial charge is 0.433 e. The highest BCUT2D eigenvalue weighted by molar-refractivity contribution is 5.82. The molecule has 0 aliphatic rings. The minimum Gasteiger partial charge on any atom is -0.493 e. The number of hydrogen-bond acceptors (Lipinski definition) is 5. The van der Waals surface area contributed by atoms with Crippen LogP contribution in [0.5, 0.6) is 11.5 Å². The molecule has 1 aromatic heterocycles. The molecule has 12 heteroatoms. The van der Waals surface area contributed by atoms with E-state index in [2.05, 4.69) is 20.4 Å². The second-order valence-corrected chi connectivity index (χ2v) is 8.16. The molecule has 6 nitrogen and oxygen atoms in total. The second kappa shape index (κ2) is 12.6. The fourth-order valence-corrected chi connectivity index (χ4v) is 3.93. The van der Waals surface area contributed by atoms with Gasteiger partial charge in [-0.05, 0) is 60.0 Å². The van der Waals surface area contributed by atoms with Crippen LogP contribution in [0.4, 0.5) is 26.3 Å². The monoisotopic (exact) mass is 541 g/mol. The lowest BCUT2D eigenvalue weighted by molar-refractivity contribution is -0.141. The van der Waals surface area contributed by atoms with Gasteiger partial charge >= 0.3 is 12.8 Å². The topological polar surface area (TPSA) is 72.5 Å². The normalized spacial score (nSPS) is 13.2. The van der Waals surface area contributed by atoms with E-state index in [1.165, 1.54) is 62.7 Å². The molecule has 2 aromatic carbocycles. The minimum atomic E-state index is -4.62. The van der Waals surface area contributed by atoms with Crippen LogP contribution in [0.2, 0.25) is 0 Å². The SMILES string of the molecule is CNC(=O)[C@H](NCC[C@H](c1ccc(C(F)(F)F)nc1)c1ccc(OC(F)F)c(OC)c1)c1ccc(F)cc1. The summed E-state index contributed by atoms with van der Waals surface area (Å²) in [7, 11) is 2.72. The Morgan fingerprint density at radius 3 is 2.18 bits per heavy atom. The van der Waals surface area contributed by atoms with Gasteiger partial charge in [0.2, 0.25) is 5.91 Å². The van der Waals surface area contributed by atoms with Gasteiger partial charge in [-0.3, -0.25) is 9.78 Å². The largest absolute Gasteiger partial charge is 0.493 e. The van der Waals surface area contributed by atoms with Crippen molar-refractivity contribution >= 4 is 5.91 Å². The molecule has 0 spiro atoms. The van der Waals surface area contributed by atoms with Gasteiger partial charge in [-0.25, -0.2) is 4.39 Å². The molecule has 0 saturated heterocycles. The van der Waals surface area contributed by atoms with Crippen molar-refractivity contribution in [3.8, 4) is 11.5 Å². The van der Waals surface area contributed by atoms with Crippen molar-refractivity contribution in [2.45, 2.75) is 31.2 Å². The van der Waals surface area contributed by atoms with Crippen molar-refractivity contribution in [3.63, 3.8) is 0 Å². The van der Waals surface area contributed by atoms with Crippen molar-refractivity contribution in [1.29, 1.82) is 0 Å². The lowest BCUT2D eigenvalue weighted by Gasteiger charge is -2.23. The number of amides is 1. The molecule has 0 aliphatic carbocycles. The van der Waals surface area contributed by atoms with Crippen LogP contribution >= 0.6 is 0 Å². The summed E-state index contributed by atoms with van der Waals surface area (Å²) in [6.45, 7) is -2.89. The van der Waals surface area contributed by atoms with Crippen LogP contribution in [-0.2, 0) is 11.0 Å². The number of methoxy groups -OCH3 is 1. The molecule has 2 atom stereocenters. The van der Waals surface area contributed by atoms with Gasteiger partial charge in [0.25, 0.3) is 0 Å². The number of rotatable bonds is 11. The summed E-state index contributed by atoms with van der Waals surface area (Å²) in [6.07, 6.45) is -3.26. The number of alkyl halides is 5. The molecule has 3 rings (SSSR count). The number of pyridine rings is 1. The Morgan fingerprint density at radius 2 is 1.63 bits per heavy atom. The Labute approximate surface area is 215 Å². The number of carbonyl (C=O) groups excluding carboxylic acids is 1.